The van der Waals surface area contributed by atoms with Gasteiger partial charge in [0.25, 0.3) is 0 Å². The van der Waals surface area contributed by atoms with E-state index in [1.54, 1.807) is 44.3 Å². The van der Waals surface area contributed by atoms with Crippen molar-refractivity contribution in [1.82, 2.24) is 10.6 Å². The average Bonchev–Trinajstić information content (AvgIpc) is 2.74. The molecule has 0 spiro atoms. The Morgan fingerprint density at radius 1 is 1.03 bits per heavy atom. The summed E-state index contributed by atoms with van der Waals surface area (Å²) in [6, 6.07) is 12.7. The monoisotopic (exact) mass is 426 g/mol. The molecule has 6 N–H and O–H groups in total. The van der Waals surface area contributed by atoms with Crippen LogP contribution < -0.4 is 21.7 Å². The Bertz CT molecular complexity index is 899. The van der Waals surface area contributed by atoms with Gasteiger partial charge in [0, 0.05) is 12.1 Å². The van der Waals surface area contributed by atoms with Crippen molar-refractivity contribution in [3.63, 3.8) is 0 Å². The number of likely N-dealkylation sites (N-methyl/N-ethyl adjacent to an activating group) is 1. The lowest BCUT2D eigenvalue weighted by molar-refractivity contribution is -0.127. The molecule has 8 heteroatoms. The molecule has 166 valence electrons. The molecule has 3 amide bonds. The highest BCUT2D eigenvalue weighted by Gasteiger charge is 2.22. The Kier molecular flexibility index (Phi) is 9.02. The van der Waals surface area contributed by atoms with E-state index < -0.39 is 12.1 Å². The van der Waals surface area contributed by atoms with Crippen molar-refractivity contribution in [2.45, 2.75) is 44.7 Å². The van der Waals surface area contributed by atoms with E-state index in [-0.39, 0.29) is 29.9 Å². The molecule has 8 nitrogen and oxygen atoms in total. The maximum atomic E-state index is 12.6. The van der Waals surface area contributed by atoms with Crippen LogP contribution in [0, 0.1) is 0 Å². The molecule has 0 heterocycles. The summed E-state index contributed by atoms with van der Waals surface area (Å²) in [6.45, 7) is 1.62. The van der Waals surface area contributed by atoms with Crippen LogP contribution in [0.2, 0.25) is 0 Å². The molecule has 2 rings (SSSR count). The van der Waals surface area contributed by atoms with E-state index in [0.717, 1.165) is 11.1 Å². The predicted molar refractivity (Wildman–Crippen MR) is 119 cm³/mol. The number of amides is 3. The second kappa shape index (κ2) is 11.7. The minimum atomic E-state index is -0.748. The summed E-state index contributed by atoms with van der Waals surface area (Å²) in [5, 5.41) is 17.9. The smallest absolute Gasteiger partial charge is 0.246 e. The second-order valence-electron chi connectivity index (χ2n) is 7.41. The minimum Gasteiger partial charge on any atom is -0.508 e. The number of para-hydroxylation sites is 1. The molecule has 0 aliphatic carbocycles. The zero-order valence-corrected chi connectivity index (χ0v) is 17.9. The number of aryl methyl sites for hydroxylation is 1. The molecule has 2 atom stereocenters. The van der Waals surface area contributed by atoms with Gasteiger partial charge in [0.05, 0.1) is 6.04 Å². The highest BCUT2D eigenvalue weighted by Crippen LogP contribution is 2.18. The number of anilines is 1. The fourth-order valence-corrected chi connectivity index (χ4v) is 3.13. The quantitative estimate of drug-likeness (QED) is 0.371. The zero-order chi connectivity index (χ0) is 22.8. The highest BCUT2D eigenvalue weighted by atomic mass is 16.3. The lowest BCUT2D eigenvalue weighted by atomic mass is 10.0. The number of nitrogens with one attached hydrogen (secondary N) is 3. The molecule has 0 bridgehead atoms. The van der Waals surface area contributed by atoms with Gasteiger partial charge in [-0.3, -0.25) is 14.4 Å². The number of aromatic hydroxyl groups is 1. The number of benzene rings is 2. The van der Waals surface area contributed by atoms with Crippen LogP contribution in [0.1, 0.15) is 30.9 Å². The Morgan fingerprint density at radius 3 is 2.35 bits per heavy atom. The third-order valence-corrected chi connectivity index (χ3v) is 4.94. The van der Waals surface area contributed by atoms with Crippen molar-refractivity contribution in [2.24, 2.45) is 5.73 Å². The number of hydrogen-bond donors (Lipinski definition) is 5. The van der Waals surface area contributed by atoms with E-state index >= 15 is 0 Å². The molecule has 0 unspecified atom stereocenters. The molecular formula is C23H30N4O4. The van der Waals surface area contributed by atoms with Gasteiger partial charge in [-0.15, -0.1) is 0 Å². The van der Waals surface area contributed by atoms with Crippen LogP contribution in [0.3, 0.4) is 0 Å². The summed E-state index contributed by atoms with van der Waals surface area (Å²) in [6.07, 6.45) is 1.89. The summed E-state index contributed by atoms with van der Waals surface area (Å²) in [7, 11) is 1.68. The van der Waals surface area contributed by atoms with Gasteiger partial charge in [-0.2, -0.15) is 0 Å². The van der Waals surface area contributed by atoms with Gasteiger partial charge in [0.15, 0.2) is 0 Å². The number of phenols is 1. The average molecular weight is 427 g/mol. The van der Waals surface area contributed by atoms with E-state index in [4.69, 9.17) is 5.73 Å². The van der Waals surface area contributed by atoms with Crippen LogP contribution in [-0.2, 0) is 27.2 Å². The van der Waals surface area contributed by atoms with Crippen LogP contribution in [0.4, 0.5) is 5.69 Å². The van der Waals surface area contributed by atoms with Gasteiger partial charge >= 0.3 is 0 Å². The Hall–Kier alpha value is -3.39. The SMILES string of the molecule is CN[C@@H](Cc1ccc(O)cc1)C(=O)N[C@@H](C)C(=O)Nc1ccccc1CCCC(N)=O. The van der Waals surface area contributed by atoms with Crippen molar-refractivity contribution in [2.75, 3.05) is 12.4 Å². The van der Waals surface area contributed by atoms with Crippen LogP contribution in [-0.4, -0.2) is 42.0 Å². The van der Waals surface area contributed by atoms with Gasteiger partial charge in [0.1, 0.15) is 11.8 Å². The standard InChI is InChI=1S/C23H30N4O4/c1-15(26-23(31)20(25-2)14-16-10-12-18(28)13-11-16)22(30)27-19-8-4-3-6-17(19)7-5-9-21(24)29/h3-4,6,8,10-13,15,20,25,28H,5,7,9,14H2,1-2H3,(H2,24,29)(H,26,31)(H,27,30)/t15-,20-/m0/s1. The number of rotatable bonds is 11. The van der Waals surface area contributed by atoms with Gasteiger partial charge in [-0.25, -0.2) is 0 Å². The number of hydrogen-bond acceptors (Lipinski definition) is 5. The number of nitrogens with two attached hydrogens (primary N) is 1. The number of carbonyl (C=O) groups is 3. The summed E-state index contributed by atoms with van der Waals surface area (Å²) in [4.78, 5) is 36.2. The molecule has 31 heavy (non-hydrogen) atoms. The van der Waals surface area contributed by atoms with Crippen LogP contribution in [0.5, 0.6) is 5.75 Å². The van der Waals surface area contributed by atoms with Crippen molar-refractivity contribution in [3.8, 4) is 5.75 Å². The van der Waals surface area contributed by atoms with Gasteiger partial charge < -0.3 is 26.8 Å². The van der Waals surface area contributed by atoms with Gasteiger partial charge in [-0.05, 0) is 62.6 Å². The first-order valence-corrected chi connectivity index (χ1v) is 10.2. The maximum Gasteiger partial charge on any atom is 0.246 e. The van der Waals surface area contributed by atoms with Gasteiger partial charge in [0.2, 0.25) is 17.7 Å². The molecule has 2 aromatic carbocycles. The normalized spacial score (nSPS) is 12.6. The van der Waals surface area contributed by atoms with Crippen LogP contribution in [0.25, 0.3) is 0 Å². The topological polar surface area (TPSA) is 134 Å². The first-order valence-electron chi connectivity index (χ1n) is 10.2. The summed E-state index contributed by atoms with van der Waals surface area (Å²) >= 11 is 0. The molecule has 0 radical (unpaired) electrons. The lowest BCUT2D eigenvalue weighted by Crippen LogP contribution is -2.50. The molecule has 0 saturated heterocycles. The van der Waals surface area contributed by atoms with E-state index in [0.29, 0.717) is 24.9 Å². The molecular weight excluding hydrogens is 396 g/mol. The third kappa shape index (κ3) is 7.75. The molecule has 0 saturated carbocycles. The highest BCUT2D eigenvalue weighted by molar-refractivity contribution is 5.98. The van der Waals surface area contributed by atoms with Crippen LogP contribution >= 0.6 is 0 Å². The van der Waals surface area contributed by atoms with Crippen molar-refractivity contribution >= 4 is 23.4 Å². The number of carbonyl (C=O) groups excluding carboxylic acids is 3. The third-order valence-electron chi connectivity index (χ3n) is 4.94. The molecule has 0 aliphatic heterocycles. The van der Waals surface area contributed by atoms with Crippen LogP contribution in [0.15, 0.2) is 48.5 Å². The molecule has 0 aromatic heterocycles. The van der Waals surface area contributed by atoms with E-state index in [9.17, 15) is 19.5 Å². The Labute approximate surface area is 182 Å². The number of primary amides is 1. The van der Waals surface area contributed by atoms with Gasteiger partial charge in [-0.1, -0.05) is 30.3 Å². The predicted octanol–water partition coefficient (Wildman–Crippen LogP) is 1.47. The molecule has 0 aliphatic rings. The molecule has 2 aromatic rings. The van der Waals surface area contributed by atoms with E-state index in [1.807, 2.05) is 18.2 Å². The van der Waals surface area contributed by atoms with Crippen molar-refractivity contribution in [1.29, 1.82) is 0 Å². The Balaban J connectivity index is 1.94. The fraction of sp³-hybridized carbons (Fsp3) is 0.348. The van der Waals surface area contributed by atoms with E-state index in [2.05, 4.69) is 16.0 Å². The summed E-state index contributed by atoms with van der Waals surface area (Å²) in [5.74, 6) is -0.832. The lowest BCUT2D eigenvalue weighted by Gasteiger charge is -2.20. The first-order chi connectivity index (χ1) is 14.8. The summed E-state index contributed by atoms with van der Waals surface area (Å²) in [5.41, 5.74) is 7.62. The first kappa shape index (κ1) is 23.9. The largest absolute Gasteiger partial charge is 0.508 e. The van der Waals surface area contributed by atoms with Crippen molar-refractivity contribution < 1.29 is 19.5 Å². The number of phenolic OH excluding ortho intramolecular Hbond substituents is 1. The minimum absolute atomic E-state index is 0.161. The van der Waals surface area contributed by atoms with Crippen molar-refractivity contribution in [3.05, 3.63) is 59.7 Å². The summed E-state index contributed by atoms with van der Waals surface area (Å²) < 4.78 is 0. The maximum absolute atomic E-state index is 12.6. The van der Waals surface area contributed by atoms with E-state index in [1.165, 1.54) is 0 Å². The molecule has 0 fully saturated rings. The zero-order valence-electron chi connectivity index (χ0n) is 17.9. The fourth-order valence-electron chi connectivity index (χ4n) is 3.13. The Morgan fingerprint density at radius 2 is 1.71 bits per heavy atom. The second-order valence-corrected chi connectivity index (χ2v) is 7.41.